The summed E-state index contributed by atoms with van der Waals surface area (Å²) in [6.07, 6.45) is -7.16. The molecule has 0 N–H and O–H groups in total. The van der Waals surface area contributed by atoms with Gasteiger partial charge >= 0.3 is 23.9 Å². The minimum Gasteiger partial charge on any atom is -0.463 e. The maximum Gasteiger partial charge on any atom is 0.303 e. The molecule has 230 valence electrons. The van der Waals surface area contributed by atoms with Gasteiger partial charge in [0.05, 0.1) is 10.6 Å². The number of nitriles is 1. The molecule has 12 nitrogen and oxygen atoms in total. The van der Waals surface area contributed by atoms with Gasteiger partial charge in [0.1, 0.15) is 24.3 Å². The van der Waals surface area contributed by atoms with E-state index in [1.54, 1.807) is 30.3 Å². The molecule has 0 saturated carbocycles. The van der Waals surface area contributed by atoms with E-state index in [1.165, 1.54) is 18.3 Å². The van der Waals surface area contributed by atoms with Crippen LogP contribution in [0.5, 0.6) is 5.88 Å². The number of hydrogen-bond donors (Lipinski definition) is 0. The van der Waals surface area contributed by atoms with Crippen molar-refractivity contribution in [2.24, 2.45) is 0 Å². The lowest BCUT2D eigenvalue weighted by Gasteiger charge is -2.43. The van der Waals surface area contributed by atoms with E-state index < -0.39 is 61.2 Å². The molecule has 3 heterocycles. The van der Waals surface area contributed by atoms with E-state index in [0.717, 1.165) is 25.6 Å². The van der Waals surface area contributed by atoms with Crippen LogP contribution in [0.3, 0.4) is 0 Å². The van der Waals surface area contributed by atoms with Crippen molar-refractivity contribution in [3.05, 3.63) is 58.4 Å². The predicted octanol–water partition coefficient (Wildman–Crippen LogP) is 4.46. The van der Waals surface area contributed by atoms with Crippen molar-refractivity contribution in [1.82, 2.24) is 4.98 Å². The third-order valence-corrected chi connectivity index (χ3v) is 7.35. The fourth-order valence-corrected chi connectivity index (χ4v) is 5.33. The number of esters is 4. The van der Waals surface area contributed by atoms with Gasteiger partial charge in [-0.3, -0.25) is 19.2 Å². The van der Waals surface area contributed by atoms with Crippen molar-refractivity contribution in [2.45, 2.75) is 58.4 Å². The molecule has 1 aliphatic rings. The zero-order valence-corrected chi connectivity index (χ0v) is 25.5. The fourth-order valence-electron chi connectivity index (χ4n) is 4.52. The Balaban J connectivity index is 1.86. The van der Waals surface area contributed by atoms with Gasteiger partial charge in [0, 0.05) is 38.3 Å². The van der Waals surface area contributed by atoms with Gasteiger partial charge in [0.25, 0.3) is 0 Å². The van der Waals surface area contributed by atoms with Gasteiger partial charge in [-0.05, 0) is 35.2 Å². The van der Waals surface area contributed by atoms with E-state index in [0.29, 0.717) is 21.8 Å². The van der Waals surface area contributed by atoms with E-state index in [9.17, 15) is 24.4 Å². The van der Waals surface area contributed by atoms with E-state index >= 15 is 0 Å². The zero-order chi connectivity index (χ0) is 32.0. The van der Waals surface area contributed by atoms with Gasteiger partial charge in [-0.2, -0.15) is 5.26 Å². The number of carbonyl (C=O) groups is 4. The van der Waals surface area contributed by atoms with Crippen LogP contribution in [-0.4, -0.2) is 66.2 Å². The normalized spacial score (nSPS) is 21.0. The summed E-state index contributed by atoms with van der Waals surface area (Å²) >= 11 is 7.50. The molecule has 0 bridgehead atoms. The predicted molar refractivity (Wildman–Crippen MR) is 155 cm³/mol. The first-order valence-corrected chi connectivity index (χ1v) is 14.4. The molecule has 5 atom stereocenters. The lowest BCUT2D eigenvalue weighted by Crippen LogP contribution is -2.63. The molecule has 2 aromatic heterocycles. The van der Waals surface area contributed by atoms with Gasteiger partial charge in [0.15, 0.2) is 12.2 Å². The molecule has 1 saturated heterocycles. The summed E-state index contributed by atoms with van der Waals surface area (Å²) < 4.78 is 33.7. The first kappa shape index (κ1) is 32.4. The van der Waals surface area contributed by atoms with Crippen LogP contribution in [0, 0.1) is 11.3 Å². The van der Waals surface area contributed by atoms with Gasteiger partial charge in [-0.25, -0.2) is 4.98 Å². The molecule has 0 unspecified atom stereocenters. The van der Waals surface area contributed by atoms with Crippen molar-refractivity contribution in [3.63, 3.8) is 0 Å². The second-order valence-corrected chi connectivity index (χ2v) is 10.9. The number of thiophene rings is 1. The van der Waals surface area contributed by atoms with E-state index in [1.807, 2.05) is 17.5 Å². The highest BCUT2D eigenvalue weighted by Gasteiger charge is 2.53. The summed E-state index contributed by atoms with van der Waals surface area (Å²) in [5.74, 6) is -3.22. The first-order valence-electron chi connectivity index (χ1n) is 13.2. The molecule has 0 aliphatic carbocycles. The molecule has 1 aromatic carbocycles. The lowest BCUT2D eigenvalue weighted by atomic mass is 9.97. The van der Waals surface area contributed by atoms with E-state index in [2.05, 4.69) is 11.1 Å². The molecule has 4 rings (SSSR count). The Hall–Kier alpha value is -4.51. The molecule has 0 radical (unpaired) electrons. The maximum absolute atomic E-state index is 12.2. The Kier molecular flexibility index (Phi) is 10.5. The fraction of sp³-hybridized carbons (Fsp3) is 0.333. The van der Waals surface area contributed by atoms with Crippen LogP contribution in [0.15, 0.2) is 47.8 Å². The number of carbonyl (C=O) groups excluding carboxylic acids is 4. The topological polar surface area (TPSA) is 160 Å². The lowest BCUT2D eigenvalue weighted by molar-refractivity contribution is -0.289. The summed E-state index contributed by atoms with van der Waals surface area (Å²) in [4.78, 5) is 53.5. The number of ether oxygens (including phenoxy) is 6. The third kappa shape index (κ3) is 7.90. The standard InChI is InChI=1S/C30H27ClN2O10S/c1-15(34)38-14-24-26(39-16(2)35)27(40-17(3)36)28(41-18(4)37)30(42-24)43-29-22(13-32)21(19-7-9-20(31)10-8-19)12-23(33-29)25-6-5-11-44-25/h5-12,24,26-28,30H,14H2,1-4H3/t24-,26+,27-,28+,30-/m0/s1. The average Bonchev–Trinajstić information content (AvgIpc) is 3.50. The number of rotatable bonds is 9. The summed E-state index contributed by atoms with van der Waals surface area (Å²) in [7, 11) is 0. The van der Waals surface area contributed by atoms with Crippen LogP contribution < -0.4 is 4.74 Å². The molecule has 1 fully saturated rings. The number of pyridine rings is 1. The molecule has 14 heteroatoms. The SMILES string of the molecule is CC(=O)OC[C@@H]1O[C@@H](Oc2nc(-c3cccs3)cc(-c3ccc(Cl)cc3)c2C#N)[C@H](OC(C)=O)[C@@H](OC(C)=O)[C@@H]1OC(C)=O. The number of aromatic nitrogens is 1. The van der Waals surface area contributed by atoms with Crippen LogP contribution in [-0.2, 0) is 42.9 Å². The minimum absolute atomic E-state index is 0.0143. The van der Waals surface area contributed by atoms with Crippen molar-refractivity contribution in [3.8, 4) is 33.6 Å². The Labute approximate surface area is 261 Å². The van der Waals surface area contributed by atoms with Crippen LogP contribution >= 0.6 is 22.9 Å². The minimum atomic E-state index is -1.58. The van der Waals surface area contributed by atoms with Crippen LogP contribution in [0.2, 0.25) is 5.02 Å². The van der Waals surface area contributed by atoms with Crippen LogP contribution in [0.1, 0.15) is 33.3 Å². The van der Waals surface area contributed by atoms with Crippen molar-refractivity contribution in [1.29, 1.82) is 5.26 Å². The van der Waals surface area contributed by atoms with Gasteiger partial charge < -0.3 is 28.4 Å². The van der Waals surface area contributed by atoms with Crippen molar-refractivity contribution < 1.29 is 47.6 Å². The summed E-state index contributed by atoms with van der Waals surface area (Å²) in [5.41, 5.74) is 1.57. The van der Waals surface area contributed by atoms with Crippen LogP contribution in [0.4, 0.5) is 0 Å². The van der Waals surface area contributed by atoms with E-state index in [4.69, 9.17) is 40.0 Å². The Morgan fingerprint density at radius 2 is 1.57 bits per heavy atom. The molecular weight excluding hydrogens is 616 g/mol. The van der Waals surface area contributed by atoms with Gasteiger partial charge in [-0.15, -0.1) is 11.3 Å². The highest BCUT2D eigenvalue weighted by molar-refractivity contribution is 7.13. The smallest absolute Gasteiger partial charge is 0.303 e. The van der Waals surface area contributed by atoms with Gasteiger partial charge in [-0.1, -0.05) is 29.8 Å². The Morgan fingerprint density at radius 3 is 2.14 bits per heavy atom. The summed E-state index contributed by atoms with van der Waals surface area (Å²) in [5, 5.41) is 12.6. The number of halogens is 1. The largest absolute Gasteiger partial charge is 0.463 e. The summed E-state index contributed by atoms with van der Waals surface area (Å²) in [6, 6.07) is 14.3. The first-order chi connectivity index (χ1) is 21.0. The molecule has 1 aliphatic heterocycles. The van der Waals surface area contributed by atoms with Crippen molar-refractivity contribution in [2.75, 3.05) is 6.61 Å². The third-order valence-electron chi connectivity index (χ3n) is 6.20. The quantitative estimate of drug-likeness (QED) is 0.238. The molecule has 44 heavy (non-hydrogen) atoms. The highest BCUT2D eigenvalue weighted by Crippen LogP contribution is 2.37. The second-order valence-electron chi connectivity index (χ2n) is 9.52. The molecule has 0 amide bonds. The maximum atomic E-state index is 12.2. The number of nitrogens with zero attached hydrogens (tertiary/aromatic N) is 2. The summed E-state index contributed by atoms with van der Waals surface area (Å²) in [6.45, 7) is 4.07. The van der Waals surface area contributed by atoms with Crippen molar-refractivity contribution >= 4 is 46.8 Å². The molecule has 3 aromatic rings. The molecule has 0 spiro atoms. The number of hydrogen-bond acceptors (Lipinski definition) is 13. The molecular formula is C30H27ClN2O10S. The highest BCUT2D eigenvalue weighted by atomic mass is 35.5. The zero-order valence-electron chi connectivity index (χ0n) is 24.0. The van der Waals surface area contributed by atoms with E-state index in [-0.39, 0.29) is 11.4 Å². The number of benzene rings is 1. The average molecular weight is 643 g/mol. The Bertz CT molecular complexity index is 1570. The monoisotopic (exact) mass is 642 g/mol. The van der Waals surface area contributed by atoms with Gasteiger partial charge in [0.2, 0.25) is 18.3 Å². The Morgan fingerprint density at radius 1 is 0.932 bits per heavy atom. The second kappa shape index (κ2) is 14.3. The van der Waals surface area contributed by atoms with Crippen LogP contribution in [0.25, 0.3) is 21.7 Å².